The fourth-order valence-corrected chi connectivity index (χ4v) is 6.33. The lowest BCUT2D eigenvalue weighted by atomic mass is 9.91. The van der Waals surface area contributed by atoms with E-state index in [4.69, 9.17) is 4.52 Å². The van der Waals surface area contributed by atoms with Crippen LogP contribution in [-0.4, -0.2) is 35.4 Å². The zero-order chi connectivity index (χ0) is 17.9. The van der Waals surface area contributed by atoms with E-state index >= 15 is 0 Å². The predicted octanol–water partition coefficient (Wildman–Crippen LogP) is 6.15. The third-order valence-corrected chi connectivity index (χ3v) is 7.78. The van der Waals surface area contributed by atoms with Gasteiger partial charge in [0.15, 0.2) is 5.58 Å². The first-order valence-corrected chi connectivity index (χ1v) is 11.4. The highest BCUT2D eigenvalue weighted by Crippen LogP contribution is 2.33. The van der Waals surface area contributed by atoms with Gasteiger partial charge in [-0.05, 0) is 79.1 Å². The van der Waals surface area contributed by atoms with Crippen LogP contribution in [-0.2, 0) is 0 Å². The number of likely N-dealkylation sites (tertiary alicyclic amines) is 1. The summed E-state index contributed by atoms with van der Waals surface area (Å²) in [4.78, 5) is 2.54. The number of nitrogens with zero attached hydrogens (tertiary/aromatic N) is 2. The molecular weight excluding hydrogens is 435 g/mol. The molecule has 0 amide bonds. The van der Waals surface area contributed by atoms with Crippen molar-refractivity contribution >= 4 is 50.0 Å². The summed E-state index contributed by atoms with van der Waals surface area (Å²) < 4.78 is 21.2. The van der Waals surface area contributed by atoms with Crippen molar-refractivity contribution in [2.24, 2.45) is 0 Å². The van der Waals surface area contributed by atoms with Gasteiger partial charge in [-0.25, -0.2) is 4.39 Å². The van der Waals surface area contributed by atoms with E-state index in [1.54, 1.807) is 17.4 Å². The van der Waals surface area contributed by atoms with Gasteiger partial charge in [0.05, 0.1) is 13.7 Å². The molecule has 0 atom stereocenters. The zero-order valence-electron chi connectivity index (χ0n) is 14.3. The molecule has 0 unspecified atom stereocenters. The Morgan fingerprint density at radius 3 is 2.88 bits per heavy atom. The van der Waals surface area contributed by atoms with Gasteiger partial charge in [0.25, 0.3) is 0 Å². The molecule has 0 bridgehead atoms. The van der Waals surface area contributed by atoms with Crippen LogP contribution in [0.15, 0.2) is 42.9 Å². The summed E-state index contributed by atoms with van der Waals surface area (Å²) in [6, 6.07) is 8.99. The van der Waals surface area contributed by atoms with Crippen molar-refractivity contribution in [2.75, 3.05) is 25.4 Å². The van der Waals surface area contributed by atoms with Gasteiger partial charge < -0.3 is 9.42 Å². The van der Waals surface area contributed by atoms with Gasteiger partial charge in [-0.1, -0.05) is 5.16 Å². The summed E-state index contributed by atoms with van der Waals surface area (Å²) in [6.45, 7) is 3.34. The van der Waals surface area contributed by atoms with Gasteiger partial charge in [-0.2, -0.15) is 0 Å². The highest BCUT2D eigenvalue weighted by molar-refractivity contribution is 9.11. The molecule has 7 heteroatoms. The van der Waals surface area contributed by atoms with E-state index in [2.05, 4.69) is 38.1 Å². The summed E-state index contributed by atoms with van der Waals surface area (Å²) in [5, 5.41) is 5.19. The molecule has 3 aromatic rings. The average molecular weight is 455 g/mol. The monoisotopic (exact) mass is 454 g/mol. The molecule has 0 N–H and O–H groups in total. The first-order valence-electron chi connectivity index (χ1n) is 8.84. The number of rotatable bonds is 6. The van der Waals surface area contributed by atoms with Crippen molar-refractivity contribution in [1.82, 2.24) is 10.1 Å². The van der Waals surface area contributed by atoms with Crippen molar-refractivity contribution < 1.29 is 8.91 Å². The standard InChI is InChI=1S/C19H20BrFN2OS2/c20-17-4-5-18(26-17)25-11-1-8-23-9-6-13(7-10-23)19-15-3-2-14(21)12-16(15)24-22-19/h2-5,12-13H,1,6-11H2. The smallest absolute Gasteiger partial charge is 0.170 e. The minimum atomic E-state index is -0.275. The molecular formula is C19H20BrFN2OS2. The van der Waals surface area contributed by atoms with E-state index in [-0.39, 0.29) is 5.82 Å². The molecule has 1 aliphatic heterocycles. The predicted molar refractivity (Wildman–Crippen MR) is 110 cm³/mol. The second-order valence-corrected chi connectivity index (χ2v) is 10.4. The molecule has 26 heavy (non-hydrogen) atoms. The van der Waals surface area contributed by atoms with E-state index < -0.39 is 0 Å². The summed E-state index contributed by atoms with van der Waals surface area (Å²) in [5.41, 5.74) is 1.55. The lowest BCUT2D eigenvalue weighted by Gasteiger charge is -2.31. The van der Waals surface area contributed by atoms with E-state index in [1.165, 1.54) is 26.5 Å². The first-order chi connectivity index (χ1) is 12.7. The van der Waals surface area contributed by atoms with Crippen LogP contribution in [0.4, 0.5) is 4.39 Å². The normalized spacial score (nSPS) is 16.5. The molecule has 1 aliphatic rings. The number of benzene rings is 1. The maximum atomic E-state index is 13.3. The molecule has 0 aliphatic carbocycles. The van der Waals surface area contributed by atoms with Crippen molar-refractivity contribution in [1.29, 1.82) is 0 Å². The Morgan fingerprint density at radius 1 is 1.27 bits per heavy atom. The van der Waals surface area contributed by atoms with Gasteiger partial charge in [0, 0.05) is 23.1 Å². The third-order valence-electron chi connectivity index (χ3n) is 4.85. The van der Waals surface area contributed by atoms with Gasteiger partial charge in [-0.15, -0.1) is 23.1 Å². The second kappa shape index (κ2) is 8.42. The van der Waals surface area contributed by atoms with E-state index in [1.807, 2.05) is 11.8 Å². The third kappa shape index (κ3) is 4.32. The number of thiophene rings is 1. The quantitative estimate of drug-likeness (QED) is 0.329. The maximum Gasteiger partial charge on any atom is 0.170 e. The lowest BCUT2D eigenvalue weighted by Crippen LogP contribution is -2.34. The Kier molecular flexibility index (Phi) is 5.98. The molecule has 1 saturated heterocycles. The van der Waals surface area contributed by atoms with Crippen LogP contribution < -0.4 is 0 Å². The molecule has 0 spiro atoms. The molecule has 0 radical (unpaired) electrons. The zero-order valence-corrected chi connectivity index (χ0v) is 17.5. The summed E-state index contributed by atoms with van der Waals surface area (Å²) in [6.07, 6.45) is 3.38. The minimum absolute atomic E-state index is 0.275. The number of fused-ring (bicyclic) bond motifs is 1. The number of halogens is 2. The summed E-state index contributed by atoms with van der Waals surface area (Å²) in [7, 11) is 0. The van der Waals surface area contributed by atoms with Crippen LogP contribution >= 0.6 is 39.0 Å². The molecule has 3 heterocycles. The molecule has 3 nitrogen and oxygen atoms in total. The van der Waals surface area contributed by atoms with Gasteiger partial charge in [0.2, 0.25) is 0 Å². The van der Waals surface area contributed by atoms with Crippen LogP contribution in [0.2, 0.25) is 0 Å². The Morgan fingerprint density at radius 2 is 2.12 bits per heavy atom. The van der Waals surface area contributed by atoms with Gasteiger partial charge >= 0.3 is 0 Å². The topological polar surface area (TPSA) is 29.3 Å². The number of hydrogen-bond donors (Lipinski definition) is 0. The Balaban J connectivity index is 1.24. The van der Waals surface area contributed by atoms with Crippen molar-refractivity contribution in [3.8, 4) is 0 Å². The van der Waals surface area contributed by atoms with Gasteiger partial charge in [0.1, 0.15) is 5.82 Å². The van der Waals surface area contributed by atoms with Crippen molar-refractivity contribution in [3.05, 3.63) is 45.6 Å². The fourth-order valence-electron chi connectivity index (χ4n) is 3.49. The van der Waals surface area contributed by atoms with Crippen LogP contribution in [0.3, 0.4) is 0 Å². The Labute approximate surface area is 169 Å². The summed E-state index contributed by atoms with van der Waals surface area (Å²) >= 11 is 7.25. The van der Waals surface area contributed by atoms with Crippen LogP contribution in [0, 0.1) is 5.82 Å². The molecule has 1 aromatic carbocycles. The largest absolute Gasteiger partial charge is 0.356 e. The van der Waals surface area contributed by atoms with Crippen molar-refractivity contribution in [2.45, 2.75) is 29.4 Å². The number of hydrogen-bond acceptors (Lipinski definition) is 5. The number of aromatic nitrogens is 1. The van der Waals surface area contributed by atoms with Crippen molar-refractivity contribution in [3.63, 3.8) is 0 Å². The van der Waals surface area contributed by atoms with Gasteiger partial charge in [-0.3, -0.25) is 0 Å². The fraction of sp³-hybridized carbons (Fsp3) is 0.421. The molecule has 1 fully saturated rings. The first kappa shape index (κ1) is 18.5. The molecule has 0 saturated carbocycles. The molecule has 2 aromatic heterocycles. The summed E-state index contributed by atoms with van der Waals surface area (Å²) in [5.74, 6) is 1.30. The van der Waals surface area contributed by atoms with E-state index in [9.17, 15) is 4.39 Å². The molecule has 4 rings (SSSR count). The second-order valence-electron chi connectivity index (χ2n) is 6.58. The van der Waals surface area contributed by atoms with Crippen LogP contribution in [0.5, 0.6) is 0 Å². The lowest BCUT2D eigenvalue weighted by molar-refractivity contribution is 0.210. The Hall–Kier alpha value is -0.890. The minimum Gasteiger partial charge on any atom is -0.356 e. The SMILES string of the molecule is Fc1ccc2c(C3CCN(CCCSc4ccc(Br)s4)CC3)noc2c1. The van der Waals surface area contributed by atoms with E-state index in [0.717, 1.165) is 49.3 Å². The maximum absolute atomic E-state index is 13.3. The molecule has 138 valence electrons. The van der Waals surface area contributed by atoms with E-state index in [0.29, 0.717) is 11.5 Å². The Bertz CT molecular complexity index is 873. The van der Waals surface area contributed by atoms with Crippen LogP contribution in [0.25, 0.3) is 11.0 Å². The average Bonchev–Trinajstić information content (AvgIpc) is 3.25. The highest BCUT2D eigenvalue weighted by atomic mass is 79.9. The highest BCUT2D eigenvalue weighted by Gasteiger charge is 2.24. The van der Waals surface area contributed by atoms with Crippen LogP contribution in [0.1, 0.15) is 30.9 Å². The number of thioether (sulfide) groups is 1. The number of piperidine rings is 1.